The van der Waals surface area contributed by atoms with Crippen molar-refractivity contribution in [3.05, 3.63) is 47.0 Å². The van der Waals surface area contributed by atoms with Gasteiger partial charge in [-0.25, -0.2) is 0 Å². The van der Waals surface area contributed by atoms with Crippen LogP contribution in [0.3, 0.4) is 0 Å². The maximum Gasteiger partial charge on any atom is 0.0484 e. The molecule has 2 aromatic carbocycles. The van der Waals surface area contributed by atoms with Crippen LogP contribution in [-0.4, -0.2) is 12.6 Å². The average Bonchev–Trinajstić information content (AvgIpc) is 3.25. The molecule has 0 radical (unpaired) electrons. The van der Waals surface area contributed by atoms with Crippen LogP contribution in [0.1, 0.15) is 31.2 Å². The van der Waals surface area contributed by atoms with Gasteiger partial charge in [-0.15, -0.1) is 0 Å². The highest BCUT2D eigenvalue weighted by Crippen LogP contribution is 2.27. The van der Waals surface area contributed by atoms with Gasteiger partial charge < -0.3 is 5.32 Å². The van der Waals surface area contributed by atoms with Crippen molar-refractivity contribution in [3.63, 3.8) is 0 Å². The molecule has 1 aliphatic rings. The van der Waals surface area contributed by atoms with Gasteiger partial charge in [-0.3, -0.25) is 0 Å². The Morgan fingerprint density at radius 2 is 1.79 bits per heavy atom. The van der Waals surface area contributed by atoms with Gasteiger partial charge >= 0.3 is 0 Å². The van der Waals surface area contributed by atoms with Crippen molar-refractivity contribution in [3.8, 4) is 0 Å². The van der Waals surface area contributed by atoms with E-state index < -0.39 is 0 Å². The number of aryl methyl sites for hydroxylation is 1. The highest BCUT2D eigenvalue weighted by Gasteiger charge is 2.19. The van der Waals surface area contributed by atoms with E-state index in [1.165, 1.54) is 42.0 Å². The first kappa shape index (κ1) is 13.0. The monoisotopic (exact) mass is 273 g/mol. The summed E-state index contributed by atoms with van der Waals surface area (Å²) in [4.78, 5) is 0. The van der Waals surface area contributed by atoms with Crippen molar-refractivity contribution < 1.29 is 0 Å². The number of halogens is 1. The smallest absolute Gasteiger partial charge is 0.0484 e. The average molecular weight is 274 g/mol. The van der Waals surface area contributed by atoms with Crippen LogP contribution in [-0.2, 0) is 6.42 Å². The highest BCUT2D eigenvalue weighted by molar-refractivity contribution is 6.35. The summed E-state index contributed by atoms with van der Waals surface area (Å²) in [7, 11) is 0. The van der Waals surface area contributed by atoms with Gasteiger partial charge in [-0.05, 0) is 55.7 Å². The van der Waals surface area contributed by atoms with Crippen LogP contribution < -0.4 is 5.32 Å². The summed E-state index contributed by atoms with van der Waals surface area (Å²) in [6.07, 6.45) is 6.40. The molecule has 0 heterocycles. The molecule has 0 saturated heterocycles. The van der Waals surface area contributed by atoms with Gasteiger partial charge in [-0.2, -0.15) is 0 Å². The molecule has 1 aliphatic carbocycles. The van der Waals surface area contributed by atoms with Crippen LogP contribution in [0.4, 0.5) is 0 Å². The largest absolute Gasteiger partial charge is 0.314 e. The first-order valence-corrected chi connectivity index (χ1v) is 7.62. The molecule has 1 saturated carbocycles. The van der Waals surface area contributed by atoms with Crippen molar-refractivity contribution in [1.29, 1.82) is 0 Å². The Labute approximate surface area is 120 Å². The van der Waals surface area contributed by atoms with Crippen LogP contribution >= 0.6 is 11.6 Å². The second-order valence-electron chi connectivity index (χ2n) is 5.44. The number of hydrogen-bond donors (Lipinski definition) is 1. The van der Waals surface area contributed by atoms with Gasteiger partial charge in [0.1, 0.15) is 0 Å². The maximum atomic E-state index is 6.24. The van der Waals surface area contributed by atoms with Crippen LogP contribution in [0.2, 0.25) is 5.02 Å². The van der Waals surface area contributed by atoms with Crippen molar-refractivity contribution >= 4 is 22.4 Å². The van der Waals surface area contributed by atoms with E-state index in [0.717, 1.165) is 24.0 Å². The molecule has 0 unspecified atom stereocenters. The highest BCUT2D eigenvalue weighted by atomic mass is 35.5. The van der Waals surface area contributed by atoms with Crippen LogP contribution in [0.15, 0.2) is 36.4 Å². The summed E-state index contributed by atoms with van der Waals surface area (Å²) in [5.41, 5.74) is 1.42. The number of unbranched alkanes of at least 4 members (excludes halogenated alkanes) is 1. The van der Waals surface area contributed by atoms with Gasteiger partial charge in [0.25, 0.3) is 0 Å². The fourth-order valence-corrected chi connectivity index (χ4v) is 2.80. The molecule has 1 N–H and O–H groups in total. The summed E-state index contributed by atoms with van der Waals surface area (Å²) >= 11 is 6.24. The lowest BCUT2D eigenvalue weighted by atomic mass is 10.00. The quantitative estimate of drug-likeness (QED) is 0.761. The second-order valence-corrected chi connectivity index (χ2v) is 5.84. The number of hydrogen-bond acceptors (Lipinski definition) is 1. The molecule has 0 aromatic heterocycles. The molecule has 2 heteroatoms. The van der Waals surface area contributed by atoms with Gasteiger partial charge in [0, 0.05) is 16.5 Å². The Kier molecular flexibility index (Phi) is 4.05. The molecule has 0 bridgehead atoms. The minimum Gasteiger partial charge on any atom is -0.314 e. The Hall–Kier alpha value is -1.05. The first-order chi connectivity index (χ1) is 9.34. The molecule has 0 atom stereocenters. The normalized spacial score (nSPS) is 15.0. The zero-order valence-electron chi connectivity index (χ0n) is 11.2. The van der Waals surface area contributed by atoms with E-state index in [9.17, 15) is 0 Å². The molecule has 1 fully saturated rings. The molecule has 1 nitrogen and oxygen atoms in total. The fraction of sp³-hybridized carbons (Fsp3) is 0.412. The molecule has 2 aromatic rings. The third-order valence-corrected chi connectivity index (χ3v) is 4.17. The lowest BCUT2D eigenvalue weighted by Crippen LogP contribution is -2.17. The number of rotatable bonds is 6. The van der Waals surface area contributed by atoms with E-state index >= 15 is 0 Å². The van der Waals surface area contributed by atoms with Gasteiger partial charge in [0.2, 0.25) is 0 Å². The Morgan fingerprint density at radius 3 is 2.58 bits per heavy atom. The predicted octanol–water partition coefficient (Wildman–Crippen LogP) is 4.57. The SMILES string of the molecule is Clc1ccc(CCCCNC2CC2)c2ccccc12. The lowest BCUT2D eigenvalue weighted by molar-refractivity contribution is 0.620. The van der Waals surface area contributed by atoms with Crippen LogP contribution in [0.25, 0.3) is 10.8 Å². The fourth-order valence-electron chi connectivity index (χ4n) is 2.58. The van der Waals surface area contributed by atoms with Gasteiger partial charge in [-0.1, -0.05) is 41.9 Å². The number of nitrogens with one attached hydrogen (secondary N) is 1. The molecular weight excluding hydrogens is 254 g/mol. The summed E-state index contributed by atoms with van der Waals surface area (Å²) < 4.78 is 0. The van der Waals surface area contributed by atoms with Crippen molar-refractivity contribution in [2.75, 3.05) is 6.54 Å². The Morgan fingerprint density at radius 1 is 1.00 bits per heavy atom. The van der Waals surface area contributed by atoms with E-state index in [1.807, 2.05) is 6.07 Å². The second kappa shape index (κ2) is 5.94. The van der Waals surface area contributed by atoms with E-state index in [-0.39, 0.29) is 0 Å². The maximum absolute atomic E-state index is 6.24. The summed E-state index contributed by atoms with van der Waals surface area (Å²) in [6, 6.07) is 13.5. The first-order valence-electron chi connectivity index (χ1n) is 7.24. The van der Waals surface area contributed by atoms with Crippen molar-refractivity contribution in [2.24, 2.45) is 0 Å². The van der Waals surface area contributed by atoms with Gasteiger partial charge in [0.15, 0.2) is 0 Å². The van der Waals surface area contributed by atoms with E-state index in [0.29, 0.717) is 0 Å². The third-order valence-electron chi connectivity index (χ3n) is 3.84. The van der Waals surface area contributed by atoms with E-state index in [2.05, 4.69) is 35.6 Å². The Balaban J connectivity index is 1.61. The molecule has 0 spiro atoms. The lowest BCUT2D eigenvalue weighted by Gasteiger charge is -2.08. The molecule has 0 amide bonds. The van der Waals surface area contributed by atoms with Crippen LogP contribution in [0, 0.1) is 0 Å². The molecule has 19 heavy (non-hydrogen) atoms. The third kappa shape index (κ3) is 3.29. The van der Waals surface area contributed by atoms with Crippen LogP contribution in [0.5, 0.6) is 0 Å². The summed E-state index contributed by atoms with van der Waals surface area (Å²) in [5, 5.41) is 6.91. The standard InChI is InChI=1S/C17H20ClN/c18-17-11-8-13(15-6-1-2-7-16(15)17)5-3-4-12-19-14-9-10-14/h1-2,6-8,11,14,19H,3-5,9-10,12H2. The minimum atomic E-state index is 0.830. The molecule has 100 valence electrons. The zero-order chi connectivity index (χ0) is 13.1. The van der Waals surface area contributed by atoms with E-state index in [1.54, 1.807) is 0 Å². The molecule has 0 aliphatic heterocycles. The van der Waals surface area contributed by atoms with Crippen molar-refractivity contribution in [1.82, 2.24) is 5.32 Å². The molecule has 3 rings (SSSR count). The Bertz CT molecular complexity index is 560. The van der Waals surface area contributed by atoms with Crippen molar-refractivity contribution in [2.45, 2.75) is 38.1 Å². The number of fused-ring (bicyclic) bond motifs is 1. The topological polar surface area (TPSA) is 12.0 Å². The summed E-state index contributed by atoms with van der Waals surface area (Å²) in [5.74, 6) is 0. The zero-order valence-corrected chi connectivity index (χ0v) is 11.9. The van der Waals surface area contributed by atoms with E-state index in [4.69, 9.17) is 11.6 Å². The summed E-state index contributed by atoms with van der Waals surface area (Å²) in [6.45, 7) is 1.16. The van der Waals surface area contributed by atoms with Gasteiger partial charge in [0.05, 0.1) is 0 Å². The predicted molar refractivity (Wildman–Crippen MR) is 82.9 cm³/mol. The minimum absolute atomic E-state index is 0.830. The number of benzene rings is 2. The molecular formula is C17H20ClN.